The summed E-state index contributed by atoms with van der Waals surface area (Å²) in [5, 5.41) is 14.5. The summed E-state index contributed by atoms with van der Waals surface area (Å²) in [5.74, 6) is -3.97. The number of fused-ring (bicyclic) bond motifs is 1. The molecule has 1 saturated carbocycles. The number of nitrogens with one attached hydrogen (secondary N) is 2. The second-order valence-electron chi connectivity index (χ2n) is 13.2. The molecule has 3 aromatic heterocycles. The van der Waals surface area contributed by atoms with Crippen LogP contribution in [0.5, 0.6) is 0 Å². The molecule has 2 amide bonds. The molecule has 1 unspecified atom stereocenters. The SMILES string of the molecule is CC(C)n1nccc1C(=O)NC(/C=C/OC(C)(C)C(F)(F)F)c1cn2ncc([C@H](NC(=O)CC3CC(F)(F)C3)C3CCOCC3)cc2n1. The van der Waals surface area contributed by atoms with Crippen LogP contribution in [0.2, 0.25) is 0 Å². The minimum Gasteiger partial charge on any atom is -0.486 e. The Hall–Kier alpha value is -4.08. The minimum absolute atomic E-state index is 0.000807. The molecule has 2 aliphatic rings. The van der Waals surface area contributed by atoms with Crippen LogP contribution in [0, 0.1) is 11.8 Å². The van der Waals surface area contributed by atoms with Crippen LogP contribution < -0.4 is 10.6 Å². The summed E-state index contributed by atoms with van der Waals surface area (Å²) < 4.78 is 80.6. The lowest BCUT2D eigenvalue weighted by atomic mass is 9.79. The number of ether oxygens (including phenoxy) is 2. The molecule has 11 nitrogen and oxygen atoms in total. The standard InChI is InChI=1S/C32H40F5N7O4/c1-19(2)44-25(5-9-38-44)29(46)41-23(8-12-48-30(3,4)32(35,36)37)24-18-43-26(40-24)14-22(17-39-43)28(21-6-10-47-11-7-21)42-27(45)13-20-15-31(33,34)16-20/h5,8-9,12,14,17-21,23,28H,6-7,10-11,13,15-16H2,1-4H3,(H,41,46)(H,42,45)/b12-8+/t23?,28-/m1/s1. The van der Waals surface area contributed by atoms with Gasteiger partial charge in [0.1, 0.15) is 5.69 Å². The molecule has 262 valence electrons. The maximum Gasteiger partial charge on any atom is 0.427 e. The van der Waals surface area contributed by atoms with Gasteiger partial charge in [0.25, 0.3) is 5.91 Å². The van der Waals surface area contributed by atoms with Crippen LogP contribution in [0.25, 0.3) is 5.65 Å². The van der Waals surface area contributed by atoms with Gasteiger partial charge in [-0.2, -0.15) is 23.4 Å². The molecule has 1 saturated heterocycles. The van der Waals surface area contributed by atoms with E-state index in [0.29, 0.717) is 37.3 Å². The molecule has 1 aliphatic heterocycles. The first-order valence-corrected chi connectivity index (χ1v) is 15.9. The summed E-state index contributed by atoms with van der Waals surface area (Å²) in [6, 6.07) is 1.60. The molecule has 48 heavy (non-hydrogen) atoms. The van der Waals surface area contributed by atoms with E-state index in [9.17, 15) is 31.5 Å². The molecule has 3 aromatic rings. The van der Waals surface area contributed by atoms with E-state index in [-0.39, 0.29) is 54.4 Å². The van der Waals surface area contributed by atoms with E-state index in [0.717, 1.165) is 20.1 Å². The third-order valence-electron chi connectivity index (χ3n) is 8.74. The van der Waals surface area contributed by atoms with Gasteiger partial charge < -0.3 is 20.1 Å². The van der Waals surface area contributed by atoms with Crippen molar-refractivity contribution in [3.05, 3.63) is 60.0 Å². The Morgan fingerprint density at radius 1 is 1.15 bits per heavy atom. The first-order valence-electron chi connectivity index (χ1n) is 15.9. The maximum atomic E-state index is 13.4. The van der Waals surface area contributed by atoms with Crippen LogP contribution in [-0.2, 0) is 14.3 Å². The number of amides is 2. The van der Waals surface area contributed by atoms with Crippen LogP contribution >= 0.6 is 0 Å². The third-order valence-corrected chi connectivity index (χ3v) is 8.74. The van der Waals surface area contributed by atoms with E-state index in [1.165, 1.54) is 33.7 Å². The summed E-state index contributed by atoms with van der Waals surface area (Å²) in [4.78, 5) is 31.0. The van der Waals surface area contributed by atoms with E-state index in [2.05, 4.69) is 25.8 Å². The highest BCUT2D eigenvalue weighted by atomic mass is 19.4. The predicted molar refractivity (Wildman–Crippen MR) is 163 cm³/mol. The van der Waals surface area contributed by atoms with Crippen LogP contribution in [0.3, 0.4) is 0 Å². The lowest BCUT2D eigenvalue weighted by Gasteiger charge is -2.35. The highest BCUT2D eigenvalue weighted by molar-refractivity contribution is 5.93. The largest absolute Gasteiger partial charge is 0.486 e. The quantitative estimate of drug-likeness (QED) is 0.181. The van der Waals surface area contributed by atoms with Crippen molar-refractivity contribution in [3.8, 4) is 0 Å². The Bertz CT molecular complexity index is 1620. The average molecular weight is 682 g/mol. The van der Waals surface area contributed by atoms with E-state index in [1.54, 1.807) is 12.3 Å². The predicted octanol–water partition coefficient (Wildman–Crippen LogP) is 5.87. The van der Waals surface area contributed by atoms with Gasteiger partial charge in [-0.15, -0.1) is 0 Å². The van der Waals surface area contributed by atoms with Crippen LogP contribution in [0.15, 0.2) is 43.1 Å². The molecule has 2 atom stereocenters. The number of carbonyl (C=O) groups excluding carboxylic acids is 2. The van der Waals surface area contributed by atoms with Crippen molar-refractivity contribution >= 4 is 17.5 Å². The Morgan fingerprint density at radius 3 is 2.50 bits per heavy atom. The van der Waals surface area contributed by atoms with Crippen LogP contribution in [0.1, 0.15) is 99.7 Å². The number of alkyl halides is 5. The van der Waals surface area contributed by atoms with E-state index < -0.39 is 35.7 Å². The molecule has 5 rings (SSSR count). The number of carbonyl (C=O) groups is 2. The van der Waals surface area contributed by atoms with Crippen molar-refractivity contribution in [1.82, 2.24) is 35.0 Å². The number of hydrogen-bond acceptors (Lipinski definition) is 7. The van der Waals surface area contributed by atoms with Crippen molar-refractivity contribution in [1.29, 1.82) is 0 Å². The number of aromatic nitrogens is 5. The van der Waals surface area contributed by atoms with Gasteiger partial charge in [0.15, 0.2) is 11.2 Å². The third kappa shape index (κ3) is 8.13. The zero-order chi connectivity index (χ0) is 34.9. The van der Waals surface area contributed by atoms with Crippen LogP contribution in [0.4, 0.5) is 22.0 Å². The lowest BCUT2D eigenvalue weighted by molar-refractivity contribution is -0.247. The smallest absolute Gasteiger partial charge is 0.427 e. The highest BCUT2D eigenvalue weighted by Crippen LogP contribution is 2.44. The zero-order valence-corrected chi connectivity index (χ0v) is 27.1. The number of halogens is 5. The van der Waals surface area contributed by atoms with Gasteiger partial charge in [-0.25, -0.2) is 18.3 Å². The summed E-state index contributed by atoms with van der Waals surface area (Å²) in [7, 11) is 0. The van der Waals surface area contributed by atoms with Crippen molar-refractivity contribution in [2.75, 3.05) is 13.2 Å². The van der Waals surface area contributed by atoms with Crippen LogP contribution in [-0.4, -0.2) is 67.1 Å². The van der Waals surface area contributed by atoms with Crippen molar-refractivity contribution in [2.45, 2.75) is 95.6 Å². The first kappa shape index (κ1) is 35.2. The lowest BCUT2D eigenvalue weighted by Crippen LogP contribution is -2.41. The topological polar surface area (TPSA) is 125 Å². The number of nitrogens with zero attached hydrogens (tertiary/aromatic N) is 5. The molecule has 2 fully saturated rings. The second kappa shape index (κ2) is 13.8. The monoisotopic (exact) mass is 681 g/mol. The number of rotatable bonds is 12. The van der Waals surface area contributed by atoms with Gasteiger partial charge in [-0.3, -0.25) is 14.3 Å². The number of hydrogen-bond donors (Lipinski definition) is 2. The Balaban J connectivity index is 1.42. The van der Waals surface area contributed by atoms with Crippen molar-refractivity contribution in [2.24, 2.45) is 11.8 Å². The average Bonchev–Trinajstić information content (AvgIpc) is 3.66. The number of imidazole rings is 1. The van der Waals surface area contributed by atoms with Gasteiger partial charge in [0.2, 0.25) is 11.8 Å². The van der Waals surface area contributed by atoms with Gasteiger partial charge in [-0.05, 0) is 76.1 Å². The molecular weight excluding hydrogens is 641 g/mol. The molecule has 2 N–H and O–H groups in total. The molecule has 0 aromatic carbocycles. The molecule has 0 radical (unpaired) electrons. The Kier molecular flexibility index (Phi) is 10.1. The molecule has 0 spiro atoms. The second-order valence-corrected chi connectivity index (χ2v) is 13.2. The van der Waals surface area contributed by atoms with Gasteiger partial charge >= 0.3 is 6.18 Å². The summed E-state index contributed by atoms with van der Waals surface area (Å²) in [6.07, 6.45) is 2.79. The highest BCUT2D eigenvalue weighted by Gasteiger charge is 2.49. The molecular formula is C32H40F5N7O4. The molecule has 4 heterocycles. The molecule has 0 bridgehead atoms. The summed E-state index contributed by atoms with van der Waals surface area (Å²) in [5.41, 5.74) is -1.00. The summed E-state index contributed by atoms with van der Waals surface area (Å²) in [6.45, 7) is 6.48. The van der Waals surface area contributed by atoms with Gasteiger partial charge in [0.05, 0.1) is 36.4 Å². The fraction of sp³-hybridized carbons (Fsp3) is 0.594. The Labute approximate surface area is 274 Å². The fourth-order valence-electron chi connectivity index (χ4n) is 5.87. The Morgan fingerprint density at radius 2 is 1.85 bits per heavy atom. The van der Waals surface area contributed by atoms with E-state index in [1.807, 2.05) is 13.8 Å². The zero-order valence-electron chi connectivity index (χ0n) is 27.1. The van der Waals surface area contributed by atoms with E-state index >= 15 is 0 Å². The van der Waals surface area contributed by atoms with Gasteiger partial charge in [0, 0.05) is 44.7 Å². The van der Waals surface area contributed by atoms with Gasteiger partial charge in [-0.1, -0.05) is 0 Å². The normalized spacial score (nSPS) is 19.0. The van der Waals surface area contributed by atoms with Crippen molar-refractivity contribution < 1.29 is 41.0 Å². The fourth-order valence-corrected chi connectivity index (χ4v) is 5.87. The maximum absolute atomic E-state index is 13.4. The molecule has 16 heteroatoms. The first-order chi connectivity index (χ1) is 22.5. The van der Waals surface area contributed by atoms with E-state index in [4.69, 9.17) is 9.47 Å². The minimum atomic E-state index is -4.65. The van der Waals surface area contributed by atoms with Crippen molar-refractivity contribution in [3.63, 3.8) is 0 Å². The summed E-state index contributed by atoms with van der Waals surface area (Å²) >= 11 is 0. The molecule has 1 aliphatic carbocycles.